The molecule has 0 amide bonds. The van der Waals surface area contributed by atoms with E-state index in [1.165, 1.54) is 0 Å². The van der Waals surface area contributed by atoms with E-state index in [1.54, 1.807) is 23.7 Å². The summed E-state index contributed by atoms with van der Waals surface area (Å²) in [7, 11) is 0. The van der Waals surface area contributed by atoms with Crippen molar-refractivity contribution < 1.29 is 0 Å². The minimum Gasteiger partial charge on any atom is -0.314 e. The van der Waals surface area contributed by atoms with E-state index in [4.69, 9.17) is 4.98 Å². The Kier molecular flexibility index (Phi) is 4.45. The average Bonchev–Trinajstić information content (AvgIpc) is 3.16. The summed E-state index contributed by atoms with van der Waals surface area (Å²) in [6, 6.07) is 16.2. The molecule has 142 valence electrons. The Labute approximate surface area is 172 Å². The first kappa shape index (κ1) is 17.8. The molecule has 0 bridgehead atoms. The van der Waals surface area contributed by atoms with Crippen LogP contribution in [0.3, 0.4) is 0 Å². The van der Waals surface area contributed by atoms with Gasteiger partial charge in [0.25, 0.3) is 5.56 Å². The van der Waals surface area contributed by atoms with Crippen LogP contribution >= 0.6 is 11.3 Å². The molecule has 1 aromatic carbocycles. The maximum absolute atomic E-state index is 13.2. The lowest BCUT2D eigenvalue weighted by Gasteiger charge is -2.11. The topological polar surface area (TPSA) is 47.8 Å². The van der Waals surface area contributed by atoms with Gasteiger partial charge in [-0.15, -0.1) is 11.3 Å². The second-order valence-corrected chi connectivity index (χ2v) is 8.02. The van der Waals surface area contributed by atoms with Crippen molar-refractivity contribution in [2.24, 2.45) is 0 Å². The second kappa shape index (κ2) is 7.26. The van der Waals surface area contributed by atoms with Crippen LogP contribution in [0.15, 0.2) is 77.3 Å². The lowest BCUT2D eigenvalue weighted by molar-refractivity contribution is 0.668. The molecule has 29 heavy (non-hydrogen) atoms. The van der Waals surface area contributed by atoms with Gasteiger partial charge in [-0.3, -0.25) is 14.8 Å². The Morgan fingerprint density at radius 3 is 2.72 bits per heavy atom. The van der Waals surface area contributed by atoms with Gasteiger partial charge in [-0.25, -0.2) is 0 Å². The summed E-state index contributed by atoms with van der Waals surface area (Å²) in [6.45, 7) is 2.60. The fourth-order valence-electron chi connectivity index (χ4n) is 3.71. The SMILES string of the molecule is Cc1csc2c(-c3ccncc3)cn(CCc3ccc4ccccc4n3)c(=O)c12. The predicted molar refractivity (Wildman–Crippen MR) is 120 cm³/mol. The van der Waals surface area contributed by atoms with E-state index in [9.17, 15) is 4.79 Å². The molecule has 4 heterocycles. The van der Waals surface area contributed by atoms with Gasteiger partial charge in [-0.1, -0.05) is 24.3 Å². The number of thiophene rings is 1. The summed E-state index contributed by atoms with van der Waals surface area (Å²) < 4.78 is 2.87. The molecular weight excluding hydrogens is 378 g/mol. The molecule has 5 rings (SSSR count). The third kappa shape index (κ3) is 3.23. The zero-order chi connectivity index (χ0) is 19.8. The molecule has 0 unspecified atom stereocenters. The fourth-order valence-corrected chi connectivity index (χ4v) is 4.79. The van der Waals surface area contributed by atoms with E-state index in [0.29, 0.717) is 13.0 Å². The number of rotatable bonds is 4. The molecular formula is C24H19N3OS. The third-order valence-corrected chi connectivity index (χ3v) is 6.37. The molecule has 0 aliphatic rings. The first-order chi connectivity index (χ1) is 14.2. The Hall–Kier alpha value is -3.31. The largest absolute Gasteiger partial charge is 0.314 e. The van der Waals surface area contributed by atoms with Gasteiger partial charge in [0.05, 0.1) is 10.9 Å². The number of benzene rings is 1. The van der Waals surface area contributed by atoms with Crippen LogP contribution in [-0.4, -0.2) is 14.5 Å². The molecule has 4 aromatic heterocycles. The van der Waals surface area contributed by atoms with Crippen LogP contribution in [0, 0.1) is 6.92 Å². The molecule has 5 aromatic rings. The highest BCUT2D eigenvalue weighted by molar-refractivity contribution is 7.18. The van der Waals surface area contributed by atoms with E-state index in [0.717, 1.165) is 43.4 Å². The highest BCUT2D eigenvalue weighted by Crippen LogP contribution is 2.32. The third-order valence-electron chi connectivity index (χ3n) is 5.24. The second-order valence-electron chi connectivity index (χ2n) is 7.15. The van der Waals surface area contributed by atoms with E-state index >= 15 is 0 Å². The van der Waals surface area contributed by atoms with E-state index in [1.807, 2.05) is 54.1 Å². The highest BCUT2D eigenvalue weighted by Gasteiger charge is 2.14. The summed E-state index contributed by atoms with van der Waals surface area (Å²) in [6.07, 6.45) is 6.26. The van der Waals surface area contributed by atoms with Gasteiger partial charge >= 0.3 is 0 Å². The molecule has 0 fully saturated rings. The number of para-hydroxylation sites is 1. The van der Waals surface area contributed by atoms with Gasteiger partial charge < -0.3 is 4.57 Å². The average molecular weight is 398 g/mol. The molecule has 5 heteroatoms. The molecule has 0 spiro atoms. The van der Waals surface area contributed by atoms with Gasteiger partial charge in [-0.05, 0) is 47.7 Å². The fraction of sp³-hybridized carbons (Fsp3) is 0.125. The number of fused-ring (bicyclic) bond motifs is 2. The molecule has 0 aliphatic carbocycles. The first-order valence-corrected chi connectivity index (χ1v) is 10.4. The van der Waals surface area contributed by atoms with Gasteiger partial charge in [0.2, 0.25) is 0 Å². The lowest BCUT2D eigenvalue weighted by Crippen LogP contribution is -2.21. The zero-order valence-corrected chi connectivity index (χ0v) is 16.8. The number of hydrogen-bond acceptors (Lipinski definition) is 4. The van der Waals surface area contributed by atoms with Crippen LogP contribution in [0.4, 0.5) is 0 Å². The molecule has 0 aliphatic heterocycles. The molecule has 0 N–H and O–H groups in total. The summed E-state index contributed by atoms with van der Waals surface area (Å²) in [4.78, 5) is 22.0. The van der Waals surface area contributed by atoms with Gasteiger partial charge in [0, 0.05) is 52.9 Å². The maximum Gasteiger partial charge on any atom is 0.259 e. The van der Waals surface area contributed by atoms with E-state index in [2.05, 4.69) is 22.5 Å². The molecule has 0 saturated carbocycles. The van der Waals surface area contributed by atoms with Crippen LogP contribution in [0.5, 0.6) is 0 Å². The first-order valence-electron chi connectivity index (χ1n) is 9.57. The predicted octanol–water partition coefficient (Wildman–Crippen LogP) is 5.22. The molecule has 0 saturated heterocycles. The van der Waals surface area contributed by atoms with Gasteiger partial charge in [-0.2, -0.15) is 0 Å². The molecule has 0 atom stereocenters. The number of hydrogen-bond donors (Lipinski definition) is 0. The van der Waals surface area contributed by atoms with Crippen molar-refractivity contribution in [3.63, 3.8) is 0 Å². The Bertz CT molecular complexity index is 1390. The smallest absolute Gasteiger partial charge is 0.259 e. The normalized spacial score (nSPS) is 11.3. The standard InChI is InChI=1S/C24H19N3OS/c1-16-15-29-23-20(17-8-11-25-12-9-17)14-27(24(28)22(16)23)13-10-19-7-6-18-4-2-3-5-21(18)26-19/h2-9,11-12,14-15H,10,13H2,1H3. The van der Waals surface area contributed by atoms with Crippen LogP contribution < -0.4 is 5.56 Å². The Balaban J connectivity index is 1.56. The highest BCUT2D eigenvalue weighted by atomic mass is 32.1. The minimum atomic E-state index is 0.0670. The van der Waals surface area contributed by atoms with Crippen molar-refractivity contribution in [2.75, 3.05) is 0 Å². The minimum absolute atomic E-state index is 0.0670. The lowest BCUT2D eigenvalue weighted by atomic mass is 10.1. The van der Waals surface area contributed by atoms with Crippen molar-refractivity contribution >= 4 is 32.3 Å². The number of aromatic nitrogens is 3. The Morgan fingerprint density at radius 1 is 1.03 bits per heavy atom. The van der Waals surface area contributed by atoms with E-state index in [-0.39, 0.29) is 5.56 Å². The summed E-state index contributed by atoms with van der Waals surface area (Å²) in [5.74, 6) is 0. The van der Waals surface area contributed by atoms with Crippen LogP contribution in [0.25, 0.3) is 32.1 Å². The summed E-state index contributed by atoms with van der Waals surface area (Å²) in [5.41, 5.74) is 5.22. The van der Waals surface area contributed by atoms with E-state index < -0.39 is 0 Å². The summed E-state index contributed by atoms with van der Waals surface area (Å²) in [5, 5.41) is 4.01. The quantitative estimate of drug-likeness (QED) is 0.417. The van der Waals surface area contributed by atoms with Crippen molar-refractivity contribution in [1.29, 1.82) is 0 Å². The van der Waals surface area contributed by atoms with Crippen LogP contribution in [0.1, 0.15) is 11.3 Å². The van der Waals surface area contributed by atoms with Crippen molar-refractivity contribution in [2.45, 2.75) is 19.9 Å². The number of pyridine rings is 3. The monoisotopic (exact) mass is 397 g/mol. The zero-order valence-electron chi connectivity index (χ0n) is 16.0. The van der Waals surface area contributed by atoms with Crippen LogP contribution in [-0.2, 0) is 13.0 Å². The van der Waals surface area contributed by atoms with Gasteiger partial charge in [0.1, 0.15) is 0 Å². The summed E-state index contributed by atoms with van der Waals surface area (Å²) >= 11 is 1.63. The van der Waals surface area contributed by atoms with Crippen molar-refractivity contribution in [1.82, 2.24) is 14.5 Å². The van der Waals surface area contributed by atoms with Crippen molar-refractivity contribution in [3.8, 4) is 11.1 Å². The Morgan fingerprint density at radius 2 is 1.86 bits per heavy atom. The molecule has 0 radical (unpaired) electrons. The number of aryl methyl sites for hydroxylation is 3. The molecule has 4 nitrogen and oxygen atoms in total. The van der Waals surface area contributed by atoms with Crippen LogP contribution in [0.2, 0.25) is 0 Å². The number of nitrogens with zero attached hydrogens (tertiary/aromatic N) is 3. The van der Waals surface area contributed by atoms with Crippen molar-refractivity contribution in [3.05, 3.63) is 94.1 Å². The van der Waals surface area contributed by atoms with Gasteiger partial charge in [0.15, 0.2) is 0 Å². The maximum atomic E-state index is 13.2.